The third kappa shape index (κ3) is 5.21. The Hall–Kier alpha value is -3.09. The second kappa shape index (κ2) is 9.59. The first kappa shape index (κ1) is 23.6. The van der Waals surface area contributed by atoms with Gasteiger partial charge in [-0.1, -0.05) is 6.07 Å². The number of nitrogens with two attached hydrogens (primary N) is 1. The summed E-state index contributed by atoms with van der Waals surface area (Å²) in [5.74, 6) is -0.600. The highest BCUT2D eigenvalue weighted by atomic mass is 35.5. The van der Waals surface area contributed by atoms with Gasteiger partial charge in [-0.05, 0) is 12.1 Å². The molecule has 1 fully saturated rings. The molecule has 0 bridgehead atoms. The first-order valence-electron chi connectivity index (χ1n) is 9.22. The van der Waals surface area contributed by atoms with Gasteiger partial charge in [0.15, 0.2) is 11.5 Å². The summed E-state index contributed by atoms with van der Waals surface area (Å²) < 4.78 is 59.6. The summed E-state index contributed by atoms with van der Waals surface area (Å²) in [4.78, 5) is 11.2. The molecular weight excluding hydrogens is 454 g/mol. The average molecular weight is 472 g/mol. The van der Waals surface area contributed by atoms with E-state index >= 15 is 0 Å². The molecule has 1 aliphatic heterocycles. The van der Waals surface area contributed by atoms with Crippen LogP contribution in [0.3, 0.4) is 0 Å². The molecule has 32 heavy (non-hydrogen) atoms. The maximum Gasteiger partial charge on any atom is 0.434 e. The number of benzene rings is 1. The summed E-state index contributed by atoms with van der Waals surface area (Å²) >= 11 is 0. The van der Waals surface area contributed by atoms with Gasteiger partial charge in [0, 0.05) is 24.8 Å². The largest absolute Gasteiger partial charge is 0.434 e. The number of nitrogens with one attached hydrogen (secondary N) is 1. The molecule has 0 saturated carbocycles. The fraction of sp³-hybridized carbons (Fsp3) is 0.263. The van der Waals surface area contributed by atoms with Gasteiger partial charge in [-0.25, -0.2) is 19.0 Å². The Morgan fingerprint density at radius 1 is 1.25 bits per heavy atom. The summed E-state index contributed by atoms with van der Waals surface area (Å²) in [5, 5.41) is 7.09. The number of hydrogen-bond donors (Lipinski definition) is 2. The van der Waals surface area contributed by atoms with E-state index in [0.717, 1.165) is 17.4 Å². The topological polar surface area (TPSA) is 103 Å². The predicted molar refractivity (Wildman–Crippen MR) is 110 cm³/mol. The van der Waals surface area contributed by atoms with Gasteiger partial charge in [-0.3, -0.25) is 4.98 Å². The number of hydrogen-bond acceptors (Lipinski definition) is 6. The van der Waals surface area contributed by atoms with Gasteiger partial charge in [-0.2, -0.15) is 18.3 Å². The highest BCUT2D eigenvalue weighted by Crippen LogP contribution is 2.28. The van der Waals surface area contributed by atoms with E-state index in [0.29, 0.717) is 30.5 Å². The Labute approximate surface area is 185 Å². The zero-order chi connectivity index (χ0) is 22.0. The van der Waals surface area contributed by atoms with Crippen LogP contribution in [0.4, 0.5) is 23.2 Å². The van der Waals surface area contributed by atoms with Gasteiger partial charge >= 0.3 is 6.18 Å². The Bertz CT molecular complexity index is 1110. The van der Waals surface area contributed by atoms with Crippen LogP contribution in [-0.4, -0.2) is 45.3 Å². The fourth-order valence-corrected chi connectivity index (χ4v) is 3.00. The SMILES string of the molecule is Cl.NC(=Nc1ccc([C@H]2CNCCO2)c(F)c1)c1cnn(-c2cncc(C(F)(F)F)n2)c1. The van der Waals surface area contributed by atoms with Gasteiger partial charge in [0.2, 0.25) is 0 Å². The summed E-state index contributed by atoms with van der Waals surface area (Å²) in [6, 6.07) is 4.43. The maximum atomic E-state index is 14.5. The number of amidine groups is 1. The highest BCUT2D eigenvalue weighted by Gasteiger charge is 2.33. The minimum Gasteiger partial charge on any atom is -0.383 e. The number of aromatic nitrogens is 4. The van der Waals surface area contributed by atoms with E-state index in [9.17, 15) is 17.6 Å². The number of alkyl halides is 3. The highest BCUT2D eigenvalue weighted by molar-refractivity contribution is 5.98. The molecule has 170 valence electrons. The summed E-state index contributed by atoms with van der Waals surface area (Å²) in [6.07, 6.45) is -0.584. The van der Waals surface area contributed by atoms with Crippen LogP contribution in [0, 0.1) is 5.82 Å². The van der Waals surface area contributed by atoms with E-state index in [1.165, 1.54) is 18.5 Å². The molecule has 1 aliphatic rings. The molecule has 1 saturated heterocycles. The van der Waals surface area contributed by atoms with Crippen molar-refractivity contribution in [1.82, 2.24) is 25.1 Å². The van der Waals surface area contributed by atoms with Crippen molar-refractivity contribution in [2.75, 3.05) is 19.7 Å². The monoisotopic (exact) mass is 471 g/mol. The first-order chi connectivity index (χ1) is 14.8. The number of ether oxygens (including phenoxy) is 1. The van der Waals surface area contributed by atoms with Crippen molar-refractivity contribution in [2.24, 2.45) is 10.7 Å². The molecule has 2 aromatic heterocycles. The molecule has 0 radical (unpaired) electrons. The van der Waals surface area contributed by atoms with E-state index < -0.39 is 17.7 Å². The second-order valence-electron chi connectivity index (χ2n) is 6.70. The second-order valence-corrected chi connectivity index (χ2v) is 6.70. The lowest BCUT2D eigenvalue weighted by Crippen LogP contribution is -2.33. The Morgan fingerprint density at radius 3 is 2.75 bits per heavy atom. The van der Waals surface area contributed by atoms with E-state index in [-0.39, 0.29) is 35.9 Å². The van der Waals surface area contributed by atoms with E-state index in [1.807, 2.05) is 0 Å². The summed E-state index contributed by atoms with van der Waals surface area (Å²) in [5.41, 5.74) is 5.84. The summed E-state index contributed by atoms with van der Waals surface area (Å²) in [7, 11) is 0. The van der Waals surface area contributed by atoms with E-state index in [4.69, 9.17) is 10.5 Å². The van der Waals surface area contributed by atoms with Crippen LogP contribution >= 0.6 is 12.4 Å². The van der Waals surface area contributed by atoms with E-state index in [1.54, 1.807) is 12.1 Å². The summed E-state index contributed by atoms with van der Waals surface area (Å²) in [6.45, 7) is 1.73. The molecule has 0 spiro atoms. The van der Waals surface area contributed by atoms with Crippen molar-refractivity contribution in [2.45, 2.75) is 12.3 Å². The minimum atomic E-state index is -4.63. The van der Waals surface area contributed by atoms with Crippen LogP contribution in [0.15, 0.2) is 48.0 Å². The number of nitrogens with zero attached hydrogens (tertiary/aromatic N) is 5. The van der Waals surface area contributed by atoms with E-state index in [2.05, 4.69) is 25.4 Å². The molecule has 3 aromatic rings. The minimum absolute atomic E-state index is 0. The normalized spacial score (nSPS) is 17.1. The van der Waals surface area contributed by atoms with Crippen molar-refractivity contribution in [3.63, 3.8) is 0 Å². The van der Waals surface area contributed by atoms with Gasteiger partial charge in [-0.15, -0.1) is 12.4 Å². The van der Waals surface area contributed by atoms with Gasteiger partial charge in [0.25, 0.3) is 0 Å². The number of halogens is 5. The van der Waals surface area contributed by atoms with Gasteiger partial charge in [0.1, 0.15) is 11.7 Å². The molecule has 1 atom stereocenters. The average Bonchev–Trinajstić information content (AvgIpc) is 3.25. The quantitative estimate of drug-likeness (QED) is 0.344. The molecular formula is C19H18ClF4N7O. The van der Waals surface area contributed by atoms with Crippen LogP contribution in [0.5, 0.6) is 0 Å². The lowest BCUT2D eigenvalue weighted by atomic mass is 10.1. The Balaban J connectivity index is 0.00000289. The smallest absolute Gasteiger partial charge is 0.383 e. The van der Waals surface area contributed by atoms with Crippen LogP contribution < -0.4 is 11.1 Å². The molecule has 4 rings (SSSR count). The number of aliphatic imine (C=N–C) groups is 1. The third-order valence-corrected chi connectivity index (χ3v) is 4.53. The van der Waals surface area contributed by atoms with Gasteiger partial charge < -0.3 is 15.8 Å². The standard InChI is InChI=1S/C19H17F4N7O.ClH/c20-14-5-12(1-2-13(14)15-7-25-3-4-31-15)28-18(24)11-6-27-30(10-11)17-9-26-8-16(29-17)19(21,22)23;/h1-2,5-6,8-10,15,25H,3-4,7H2,(H2,24,28);1H/t15-;/m1./s1. The molecule has 0 unspecified atom stereocenters. The van der Waals surface area contributed by atoms with Crippen LogP contribution in [0.1, 0.15) is 22.9 Å². The zero-order valence-electron chi connectivity index (χ0n) is 16.4. The number of rotatable bonds is 4. The van der Waals surface area contributed by atoms with Crippen molar-refractivity contribution in [3.05, 3.63) is 65.6 Å². The zero-order valence-corrected chi connectivity index (χ0v) is 17.2. The molecule has 1 aromatic carbocycles. The van der Waals surface area contributed by atoms with Crippen LogP contribution in [-0.2, 0) is 10.9 Å². The number of morpholine rings is 1. The molecule has 8 nitrogen and oxygen atoms in total. The molecule has 3 N–H and O–H groups in total. The Morgan fingerprint density at radius 2 is 2.06 bits per heavy atom. The molecule has 0 aliphatic carbocycles. The van der Waals surface area contributed by atoms with Crippen LogP contribution in [0.25, 0.3) is 5.82 Å². The lowest BCUT2D eigenvalue weighted by Gasteiger charge is -2.24. The third-order valence-electron chi connectivity index (χ3n) is 4.53. The predicted octanol–water partition coefficient (Wildman–Crippen LogP) is 2.94. The first-order valence-corrected chi connectivity index (χ1v) is 9.22. The van der Waals surface area contributed by atoms with Crippen molar-refractivity contribution in [3.8, 4) is 5.82 Å². The fourth-order valence-electron chi connectivity index (χ4n) is 3.00. The van der Waals surface area contributed by atoms with Crippen molar-refractivity contribution >= 4 is 23.9 Å². The van der Waals surface area contributed by atoms with Gasteiger partial charge in [0.05, 0.1) is 42.6 Å². The van der Waals surface area contributed by atoms with Crippen molar-refractivity contribution in [1.29, 1.82) is 0 Å². The molecule has 0 amide bonds. The Kier molecular flexibility index (Phi) is 7.06. The van der Waals surface area contributed by atoms with Crippen molar-refractivity contribution < 1.29 is 22.3 Å². The van der Waals surface area contributed by atoms with Crippen LogP contribution in [0.2, 0.25) is 0 Å². The maximum absolute atomic E-state index is 14.5. The molecule has 3 heterocycles. The molecule has 13 heteroatoms. The lowest BCUT2D eigenvalue weighted by molar-refractivity contribution is -0.141.